The number of anilines is 2. The average molecular weight is 387 g/mol. The van der Waals surface area contributed by atoms with Gasteiger partial charge in [0.25, 0.3) is 0 Å². The van der Waals surface area contributed by atoms with Crippen LogP contribution in [0.4, 0.5) is 11.1 Å². The highest BCUT2D eigenvalue weighted by atomic mass is 32.2. The number of thiazole rings is 1. The number of benzene rings is 1. The minimum Gasteiger partial charge on any atom is -0.478 e. The highest BCUT2D eigenvalue weighted by Crippen LogP contribution is 2.31. The zero-order valence-corrected chi connectivity index (χ0v) is 15.6. The minimum absolute atomic E-state index is 0.285. The van der Waals surface area contributed by atoms with Gasteiger partial charge in [0.15, 0.2) is 5.13 Å². The summed E-state index contributed by atoms with van der Waals surface area (Å²) in [5.74, 6) is -0.261. The first-order chi connectivity index (χ1) is 12.6. The fourth-order valence-electron chi connectivity index (χ4n) is 2.83. The van der Waals surface area contributed by atoms with Crippen LogP contribution >= 0.6 is 23.1 Å². The maximum atomic E-state index is 11.1. The van der Waals surface area contributed by atoms with E-state index in [4.69, 9.17) is 5.11 Å². The quantitative estimate of drug-likeness (QED) is 0.552. The Balaban J connectivity index is 1.33. The lowest BCUT2D eigenvalue weighted by Gasteiger charge is -2.36. The molecule has 0 bridgehead atoms. The second kappa shape index (κ2) is 7.08. The number of carbonyl (C=O) groups is 1. The van der Waals surface area contributed by atoms with E-state index in [-0.39, 0.29) is 5.56 Å². The van der Waals surface area contributed by atoms with E-state index in [2.05, 4.69) is 25.6 Å². The molecule has 0 aliphatic heterocycles. The van der Waals surface area contributed by atoms with Crippen molar-refractivity contribution >= 4 is 50.4 Å². The third kappa shape index (κ3) is 3.58. The number of rotatable bonds is 6. The molecule has 0 radical (unpaired) electrons. The van der Waals surface area contributed by atoms with Gasteiger partial charge in [-0.3, -0.25) is 0 Å². The van der Waals surface area contributed by atoms with E-state index < -0.39 is 5.97 Å². The van der Waals surface area contributed by atoms with Crippen LogP contribution in [0.1, 0.15) is 23.2 Å². The largest absolute Gasteiger partial charge is 0.478 e. The van der Waals surface area contributed by atoms with Crippen LogP contribution in [0.25, 0.3) is 10.2 Å². The number of hydrogen-bond donors (Lipinski definition) is 3. The van der Waals surface area contributed by atoms with Gasteiger partial charge in [-0.1, -0.05) is 11.3 Å². The molecule has 9 heteroatoms. The van der Waals surface area contributed by atoms with E-state index in [9.17, 15) is 4.79 Å². The molecule has 3 N–H and O–H groups in total. The molecule has 1 saturated carbocycles. The van der Waals surface area contributed by atoms with Gasteiger partial charge in [-0.15, -0.1) is 11.8 Å². The Morgan fingerprint density at radius 1 is 1.23 bits per heavy atom. The highest BCUT2D eigenvalue weighted by Gasteiger charge is 2.30. The van der Waals surface area contributed by atoms with Crippen molar-refractivity contribution < 1.29 is 9.90 Å². The van der Waals surface area contributed by atoms with E-state index in [0.29, 0.717) is 18.0 Å². The summed E-state index contributed by atoms with van der Waals surface area (Å²) in [7, 11) is 0. The molecule has 0 amide bonds. The van der Waals surface area contributed by atoms with Crippen molar-refractivity contribution in [1.29, 1.82) is 0 Å². The molecule has 0 unspecified atom stereocenters. The molecule has 0 atom stereocenters. The van der Waals surface area contributed by atoms with Gasteiger partial charge >= 0.3 is 5.97 Å². The van der Waals surface area contributed by atoms with Crippen molar-refractivity contribution in [2.75, 3.05) is 16.9 Å². The first-order valence-corrected chi connectivity index (χ1v) is 10.2. The van der Waals surface area contributed by atoms with Crippen LogP contribution in [0, 0.1) is 0 Å². The maximum Gasteiger partial charge on any atom is 0.335 e. The highest BCUT2D eigenvalue weighted by molar-refractivity contribution is 7.98. The Kier molecular flexibility index (Phi) is 4.64. The minimum atomic E-state index is -0.921. The second-order valence-electron chi connectivity index (χ2n) is 6.11. The molecule has 1 fully saturated rings. The van der Waals surface area contributed by atoms with Crippen LogP contribution in [0.5, 0.6) is 0 Å². The molecule has 0 saturated heterocycles. The first kappa shape index (κ1) is 17.0. The summed E-state index contributed by atoms with van der Waals surface area (Å²) in [6, 6.07) is 5.69. The summed E-state index contributed by atoms with van der Waals surface area (Å²) in [6.07, 6.45) is 7.56. The zero-order valence-electron chi connectivity index (χ0n) is 14.0. The fourth-order valence-corrected chi connectivity index (χ4v) is 4.12. The number of thioether (sulfide) groups is 1. The topological polar surface area (TPSA) is 100 Å². The van der Waals surface area contributed by atoms with E-state index in [1.54, 1.807) is 30.0 Å². The lowest BCUT2D eigenvalue weighted by atomic mass is 9.87. The molecule has 2 aromatic heterocycles. The van der Waals surface area contributed by atoms with Crippen molar-refractivity contribution in [2.24, 2.45) is 0 Å². The van der Waals surface area contributed by atoms with E-state index in [1.165, 1.54) is 11.3 Å². The number of aromatic nitrogens is 3. The molecule has 134 valence electrons. The van der Waals surface area contributed by atoms with Crippen molar-refractivity contribution in [3.05, 3.63) is 36.2 Å². The molecule has 1 aliphatic carbocycles. The summed E-state index contributed by atoms with van der Waals surface area (Å²) in [4.78, 5) is 25.3. The Morgan fingerprint density at radius 3 is 2.65 bits per heavy atom. The first-order valence-electron chi connectivity index (χ1n) is 8.13. The monoisotopic (exact) mass is 387 g/mol. The van der Waals surface area contributed by atoms with Gasteiger partial charge in [0.1, 0.15) is 0 Å². The molecular weight excluding hydrogens is 370 g/mol. The smallest absolute Gasteiger partial charge is 0.335 e. The van der Waals surface area contributed by atoms with E-state index in [0.717, 1.165) is 33.1 Å². The van der Waals surface area contributed by atoms with Gasteiger partial charge < -0.3 is 15.7 Å². The summed E-state index contributed by atoms with van der Waals surface area (Å²) in [5.41, 5.74) is 1.10. The van der Waals surface area contributed by atoms with Gasteiger partial charge in [-0.2, -0.15) is 0 Å². The summed E-state index contributed by atoms with van der Waals surface area (Å²) >= 11 is 3.10. The second-order valence-corrected chi connectivity index (χ2v) is 8.02. The van der Waals surface area contributed by atoms with Crippen molar-refractivity contribution in [3.8, 4) is 0 Å². The molecular formula is C17H17N5O2S2. The van der Waals surface area contributed by atoms with Gasteiger partial charge in [0, 0.05) is 29.4 Å². The molecule has 2 heterocycles. The Bertz CT molecular complexity index is 938. The van der Waals surface area contributed by atoms with Crippen LogP contribution in [-0.4, -0.2) is 44.4 Å². The molecule has 4 rings (SSSR count). The van der Waals surface area contributed by atoms with Crippen LogP contribution < -0.4 is 10.6 Å². The van der Waals surface area contributed by atoms with Crippen LogP contribution in [0.3, 0.4) is 0 Å². The number of carboxylic acids is 1. The SMILES string of the molecule is CSc1cnc(NC2CC(Nc3nc4ccc(C(=O)O)cc4s3)C2)nc1. The molecule has 26 heavy (non-hydrogen) atoms. The van der Waals surface area contributed by atoms with E-state index in [1.807, 2.05) is 18.6 Å². The number of nitrogens with zero attached hydrogens (tertiary/aromatic N) is 3. The third-order valence-electron chi connectivity index (χ3n) is 4.30. The van der Waals surface area contributed by atoms with Gasteiger partial charge in [-0.05, 0) is 37.3 Å². The summed E-state index contributed by atoms with van der Waals surface area (Å²) in [5, 5.41) is 16.7. The number of fused-ring (bicyclic) bond motifs is 1. The molecule has 1 aliphatic rings. The van der Waals surface area contributed by atoms with Crippen molar-refractivity contribution in [2.45, 2.75) is 29.8 Å². The molecule has 0 spiro atoms. The molecule has 7 nitrogen and oxygen atoms in total. The Hall–Kier alpha value is -2.39. The summed E-state index contributed by atoms with van der Waals surface area (Å²) in [6.45, 7) is 0. The standard InChI is InChI=1S/C17H17N5O2S2/c1-25-12-7-18-16(19-8-12)20-10-5-11(6-10)21-17-22-13-3-2-9(15(23)24)4-14(13)26-17/h2-4,7-8,10-11H,5-6H2,1H3,(H,21,22)(H,23,24)(H,18,19,20). The van der Waals surface area contributed by atoms with Crippen molar-refractivity contribution in [3.63, 3.8) is 0 Å². The lowest BCUT2D eigenvalue weighted by Crippen LogP contribution is -2.43. The van der Waals surface area contributed by atoms with Crippen molar-refractivity contribution in [1.82, 2.24) is 15.0 Å². The number of hydrogen-bond acceptors (Lipinski definition) is 8. The summed E-state index contributed by atoms with van der Waals surface area (Å²) < 4.78 is 0.878. The Labute approximate surface area is 158 Å². The predicted molar refractivity (Wildman–Crippen MR) is 104 cm³/mol. The van der Waals surface area contributed by atoms with Crippen LogP contribution in [0.15, 0.2) is 35.5 Å². The van der Waals surface area contributed by atoms with Crippen LogP contribution in [-0.2, 0) is 0 Å². The fraction of sp³-hybridized carbons (Fsp3) is 0.294. The van der Waals surface area contributed by atoms with Crippen LogP contribution in [0.2, 0.25) is 0 Å². The molecule has 3 aromatic rings. The maximum absolute atomic E-state index is 11.1. The number of nitrogens with one attached hydrogen (secondary N) is 2. The van der Waals surface area contributed by atoms with E-state index >= 15 is 0 Å². The number of carboxylic acid groups (broad SMARTS) is 1. The third-order valence-corrected chi connectivity index (χ3v) is 5.93. The Morgan fingerprint density at radius 2 is 1.96 bits per heavy atom. The lowest BCUT2D eigenvalue weighted by molar-refractivity contribution is 0.0697. The van der Waals surface area contributed by atoms with Gasteiger partial charge in [0.2, 0.25) is 5.95 Å². The average Bonchev–Trinajstić information content (AvgIpc) is 3.02. The molecule has 1 aromatic carbocycles. The number of aromatic carboxylic acids is 1. The zero-order chi connectivity index (χ0) is 18.1. The normalized spacial score (nSPS) is 19.1. The predicted octanol–water partition coefficient (Wildman–Crippen LogP) is 3.56. The van der Waals surface area contributed by atoms with Gasteiger partial charge in [0.05, 0.1) is 15.8 Å². The van der Waals surface area contributed by atoms with Gasteiger partial charge in [-0.25, -0.2) is 19.7 Å².